The van der Waals surface area contributed by atoms with Crippen LogP contribution in [0.15, 0.2) is 77.8 Å². The second kappa shape index (κ2) is 10.5. The van der Waals surface area contributed by atoms with Gasteiger partial charge in [-0.05, 0) is 60.2 Å². The third-order valence-electron chi connectivity index (χ3n) is 5.20. The molecule has 1 heterocycles. The molecule has 1 fully saturated rings. The first-order valence-electron chi connectivity index (χ1n) is 10.6. The van der Waals surface area contributed by atoms with Crippen molar-refractivity contribution in [2.75, 3.05) is 5.32 Å². The molecule has 1 aliphatic rings. The molecule has 0 bridgehead atoms. The highest BCUT2D eigenvalue weighted by Gasteiger charge is 2.36. The van der Waals surface area contributed by atoms with Gasteiger partial charge in [-0.3, -0.25) is 14.5 Å². The molecule has 1 aliphatic heterocycles. The van der Waals surface area contributed by atoms with E-state index in [9.17, 15) is 31.5 Å². The number of amidine groups is 1. The zero-order chi connectivity index (χ0) is 25.9. The number of benzene rings is 3. The summed E-state index contributed by atoms with van der Waals surface area (Å²) in [5.41, 5.74) is -0.0770. The molecule has 0 aromatic heterocycles. The quantitative estimate of drug-likeness (QED) is 0.412. The molecule has 1 unspecified atom stereocenters. The maximum Gasteiger partial charge on any atom is 0.416 e. The Bertz CT molecular complexity index is 1290. The summed E-state index contributed by atoms with van der Waals surface area (Å²) in [5.74, 6) is -1.98. The fraction of sp³-hybridized carbons (Fsp3) is 0.160. The number of halogens is 5. The fourth-order valence-electron chi connectivity index (χ4n) is 3.39. The Hall–Kier alpha value is -3.73. The summed E-state index contributed by atoms with van der Waals surface area (Å²) < 4.78 is 66.0. The Balaban J connectivity index is 1.64. The van der Waals surface area contributed by atoms with E-state index in [-0.39, 0.29) is 23.8 Å². The van der Waals surface area contributed by atoms with Gasteiger partial charge in [0, 0.05) is 12.1 Å². The van der Waals surface area contributed by atoms with Crippen LogP contribution in [0.4, 0.5) is 33.3 Å². The van der Waals surface area contributed by atoms with E-state index in [2.05, 4.69) is 10.3 Å². The van der Waals surface area contributed by atoms with Crippen molar-refractivity contribution in [3.05, 3.63) is 95.6 Å². The minimum Gasteiger partial charge on any atom is -0.325 e. The Morgan fingerprint density at radius 3 is 2.28 bits per heavy atom. The normalized spacial score (nSPS) is 17.4. The summed E-state index contributed by atoms with van der Waals surface area (Å²) in [5, 5.41) is 1.69. The largest absolute Gasteiger partial charge is 0.416 e. The summed E-state index contributed by atoms with van der Waals surface area (Å²) in [6, 6.07) is 14.7. The molecule has 0 spiro atoms. The number of hydrogen-bond donors (Lipinski definition) is 1. The van der Waals surface area contributed by atoms with E-state index in [1.165, 1.54) is 65.6 Å². The lowest BCUT2D eigenvalue weighted by molar-refractivity contribution is -0.137. The fourth-order valence-corrected chi connectivity index (χ4v) is 4.49. The van der Waals surface area contributed by atoms with E-state index >= 15 is 0 Å². The van der Waals surface area contributed by atoms with Gasteiger partial charge in [-0.2, -0.15) is 13.2 Å². The zero-order valence-corrected chi connectivity index (χ0v) is 19.2. The van der Waals surface area contributed by atoms with Crippen molar-refractivity contribution >= 4 is 40.1 Å². The zero-order valence-electron chi connectivity index (χ0n) is 18.4. The number of alkyl halides is 3. The molecule has 5 nitrogen and oxygen atoms in total. The van der Waals surface area contributed by atoms with Crippen LogP contribution < -0.4 is 5.32 Å². The molecular weight excluding hydrogens is 501 g/mol. The number of rotatable bonds is 5. The summed E-state index contributed by atoms with van der Waals surface area (Å²) in [7, 11) is 0. The molecule has 36 heavy (non-hydrogen) atoms. The molecule has 2 amide bonds. The number of carbonyl (C=O) groups is 2. The summed E-state index contributed by atoms with van der Waals surface area (Å²) in [6.07, 6.45) is -4.79. The minimum absolute atomic E-state index is 0.0176. The molecule has 0 saturated carbocycles. The number of anilines is 1. The van der Waals surface area contributed by atoms with Crippen LogP contribution in [0.5, 0.6) is 0 Å². The predicted molar refractivity (Wildman–Crippen MR) is 127 cm³/mol. The summed E-state index contributed by atoms with van der Waals surface area (Å²) in [6.45, 7) is -0.0176. The average Bonchev–Trinajstić information content (AvgIpc) is 2.83. The molecule has 3 aromatic rings. The van der Waals surface area contributed by atoms with Crippen LogP contribution in [-0.2, 0) is 22.3 Å². The van der Waals surface area contributed by atoms with Crippen LogP contribution in [0.2, 0.25) is 0 Å². The SMILES string of the molecule is O=C(Nc1ccc(F)cc1)C1CC(=O)N(Cc2ccc(F)cc2)C(=Nc2cccc(C(F)(F)F)c2)S1. The first kappa shape index (κ1) is 25.4. The standard InChI is InChI=1S/C25H18F5N3O2S/c26-17-6-4-15(5-7-17)14-33-22(34)13-21(23(35)31-19-10-8-18(27)9-11-19)36-24(33)32-20-3-1-2-16(12-20)25(28,29)30/h1-12,21H,13-14H2,(H,31,35). The lowest BCUT2D eigenvalue weighted by Gasteiger charge is -2.32. The number of nitrogens with one attached hydrogen (secondary N) is 1. The highest BCUT2D eigenvalue weighted by Crippen LogP contribution is 2.34. The van der Waals surface area contributed by atoms with Gasteiger partial charge in [-0.1, -0.05) is 30.0 Å². The van der Waals surface area contributed by atoms with E-state index in [1.54, 1.807) is 0 Å². The van der Waals surface area contributed by atoms with Gasteiger partial charge in [0.1, 0.15) is 16.9 Å². The molecule has 0 aliphatic carbocycles. The second-order valence-electron chi connectivity index (χ2n) is 7.86. The number of thioether (sulfide) groups is 1. The maximum atomic E-state index is 13.3. The molecule has 1 N–H and O–H groups in total. The van der Waals surface area contributed by atoms with Crippen LogP contribution in [0.3, 0.4) is 0 Å². The van der Waals surface area contributed by atoms with Gasteiger partial charge in [-0.15, -0.1) is 0 Å². The third-order valence-corrected chi connectivity index (χ3v) is 6.38. The Morgan fingerprint density at radius 2 is 1.64 bits per heavy atom. The highest BCUT2D eigenvalue weighted by atomic mass is 32.2. The monoisotopic (exact) mass is 519 g/mol. The van der Waals surface area contributed by atoms with Crippen molar-refractivity contribution in [2.24, 2.45) is 4.99 Å². The Morgan fingerprint density at radius 1 is 1.00 bits per heavy atom. The molecule has 3 aromatic carbocycles. The smallest absolute Gasteiger partial charge is 0.325 e. The van der Waals surface area contributed by atoms with Crippen LogP contribution in [0.1, 0.15) is 17.5 Å². The van der Waals surface area contributed by atoms with Crippen molar-refractivity contribution in [3.63, 3.8) is 0 Å². The molecule has 4 rings (SSSR count). The summed E-state index contributed by atoms with van der Waals surface area (Å²) >= 11 is 0.918. The highest BCUT2D eigenvalue weighted by molar-refractivity contribution is 8.15. The van der Waals surface area contributed by atoms with Crippen LogP contribution in [0, 0.1) is 11.6 Å². The van der Waals surface area contributed by atoms with Crippen LogP contribution in [0.25, 0.3) is 0 Å². The van der Waals surface area contributed by atoms with Gasteiger partial charge < -0.3 is 5.32 Å². The van der Waals surface area contributed by atoms with Crippen LogP contribution >= 0.6 is 11.8 Å². The first-order chi connectivity index (χ1) is 17.1. The second-order valence-corrected chi connectivity index (χ2v) is 9.03. The Kier molecular flexibility index (Phi) is 7.39. The van der Waals surface area contributed by atoms with E-state index in [1.807, 2.05) is 0 Å². The van der Waals surface area contributed by atoms with Gasteiger partial charge in [-0.25, -0.2) is 13.8 Å². The molecular formula is C25H18F5N3O2S. The molecule has 186 valence electrons. The third kappa shape index (κ3) is 6.28. The molecule has 1 atom stereocenters. The molecule has 0 radical (unpaired) electrons. The van der Waals surface area contributed by atoms with Crippen LogP contribution in [-0.4, -0.2) is 27.1 Å². The lowest BCUT2D eigenvalue weighted by Crippen LogP contribution is -2.44. The van der Waals surface area contributed by atoms with Gasteiger partial charge in [0.25, 0.3) is 0 Å². The van der Waals surface area contributed by atoms with E-state index in [0.717, 1.165) is 23.9 Å². The minimum atomic E-state index is -4.59. The number of aliphatic imine (C=N–C) groups is 1. The van der Waals surface area contributed by atoms with E-state index < -0.39 is 40.4 Å². The number of amides is 2. The lowest BCUT2D eigenvalue weighted by atomic mass is 10.2. The molecule has 11 heteroatoms. The van der Waals surface area contributed by atoms with Gasteiger partial charge in [0.05, 0.1) is 17.8 Å². The maximum absolute atomic E-state index is 13.3. The summed E-state index contributed by atoms with van der Waals surface area (Å²) in [4.78, 5) is 31.4. The van der Waals surface area contributed by atoms with E-state index in [4.69, 9.17) is 0 Å². The van der Waals surface area contributed by atoms with Crippen molar-refractivity contribution in [1.82, 2.24) is 4.90 Å². The topological polar surface area (TPSA) is 61.8 Å². The van der Waals surface area contributed by atoms with Crippen molar-refractivity contribution in [1.29, 1.82) is 0 Å². The van der Waals surface area contributed by atoms with Gasteiger partial charge in [0.2, 0.25) is 11.8 Å². The number of carbonyl (C=O) groups excluding carboxylic acids is 2. The van der Waals surface area contributed by atoms with E-state index in [0.29, 0.717) is 11.3 Å². The number of nitrogens with zero attached hydrogens (tertiary/aromatic N) is 2. The number of hydrogen-bond acceptors (Lipinski definition) is 4. The average molecular weight is 519 g/mol. The Labute approximate surface area is 207 Å². The molecule has 1 saturated heterocycles. The van der Waals surface area contributed by atoms with Gasteiger partial charge >= 0.3 is 6.18 Å². The van der Waals surface area contributed by atoms with Crippen molar-refractivity contribution < 1.29 is 31.5 Å². The first-order valence-corrected chi connectivity index (χ1v) is 11.5. The van der Waals surface area contributed by atoms with Gasteiger partial charge in [0.15, 0.2) is 5.17 Å². The predicted octanol–water partition coefficient (Wildman–Crippen LogP) is 6.14. The van der Waals surface area contributed by atoms with Crippen molar-refractivity contribution in [3.8, 4) is 0 Å². The van der Waals surface area contributed by atoms with Crippen molar-refractivity contribution in [2.45, 2.75) is 24.4 Å².